The van der Waals surface area contributed by atoms with Crippen LogP contribution in [0, 0.1) is 5.92 Å². The standard InChI is InChI=1S/C13H22N2OS/c1-4-5-6-7-10(2)13(3,11(14)16)12-15-8-9-17-12/h8-10H,4-7H2,1-3H3,(H2,14,16). The first-order valence-corrected chi connectivity index (χ1v) is 7.11. The van der Waals surface area contributed by atoms with Crippen molar-refractivity contribution in [1.29, 1.82) is 0 Å². The summed E-state index contributed by atoms with van der Waals surface area (Å²) in [6, 6.07) is 0. The summed E-state index contributed by atoms with van der Waals surface area (Å²) in [4.78, 5) is 16.1. The number of unbranched alkanes of at least 4 members (excludes halogenated alkanes) is 2. The Morgan fingerprint density at radius 1 is 1.59 bits per heavy atom. The summed E-state index contributed by atoms with van der Waals surface area (Å²) in [7, 11) is 0. The molecular formula is C13H22N2OS. The van der Waals surface area contributed by atoms with Gasteiger partial charge in [0.2, 0.25) is 5.91 Å². The van der Waals surface area contributed by atoms with E-state index in [1.165, 1.54) is 24.2 Å². The van der Waals surface area contributed by atoms with Crippen molar-refractivity contribution in [1.82, 2.24) is 4.98 Å². The van der Waals surface area contributed by atoms with Crippen LogP contribution in [0.4, 0.5) is 0 Å². The SMILES string of the molecule is CCCCCC(C)C(C)(C(N)=O)c1nccs1. The molecule has 1 aromatic heterocycles. The highest BCUT2D eigenvalue weighted by molar-refractivity contribution is 7.09. The number of hydrogen-bond acceptors (Lipinski definition) is 3. The van der Waals surface area contributed by atoms with Gasteiger partial charge in [-0.25, -0.2) is 4.98 Å². The lowest BCUT2D eigenvalue weighted by atomic mass is 9.75. The molecule has 2 unspecified atom stereocenters. The summed E-state index contributed by atoms with van der Waals surface area (Å²) >= 11 is 1.51. The molecule has 0 aromatic carbocycles. The molecule has 0 spiro atoms. The van der Waals surface area contributed by atoms with Crippen LogP contribution in [0.2, 0.25) is 0 Å². The van der Waals surface area contributed by atoms with Crippen LogP contribution < -0.4 is 5.73 Å². The molecular weight excluding hydrogens is 232 g/mol. The van der Waals surface area contributed by atoms with Gasteiger partial charge in [-0.15, -0.1) is 11.3 Å². The van der Waals surface area contributed by atoms with E-state index in [2.05, 4.69) is 18.8 Å². The van der Waals surface area contributed by atoms with Gasteiger partial charge >= 0.3 is 0 Å². The van der Waals surface area contributed by atoms with Crippen LogP contribution in [0.3, 0.4) is 0 Å². The highest BCUT2D eigenvalue weighted by Gasteiger charge is 2.40. The number of primary amides is 1. The molecule has 1 amide bonds. The Morgan fingerprint density at radius 3 is 2.76 bits per heavy atom. The van der Waals surface area contributed by atoms with Crippen molar-refractivity contribution < 1.29 is 4.79 Å². The van der Waals surface area contributed by atoms with Gasteiger partial charge in [-0.2, -0.15) is 0 Å². The largest absolute Gasteiger partial charge is 0.369 e. The normalized spacial score (nSPS) is 16.4. The number of carbonyl (C=O) groups is 1. The van der Waals surface area contributed by atoms with Crippen molar-refractivity contribution in [3.8, 4) is 0 Å². The van der Waals surface area contributed by atoms with Gasteiger partial charge in [0.25, 0.3) is 0 Å². The average Bonchev–Trinajstić information content (AvgIpc) is 2.81. The van der Waals surface area contributed by atoms with Crippen LogP contribution in [0.15, 0.2) is 11.6 Å². The molecule has 1 aromatic rings. The lowest BCUT2D eigenvalue weighted by Crippen LogP contribution is -2.43. The third-order valence-corrected chi connectivity index (χ3v) is 4.63. The van der Waals surface area contributed by atoms with E-state index < -0.39 is 5.41 Å². The summed E-state index contributed by atoms with van der Waals surface area (Å²) in [5.41, 5.74) is 4.97. The van der Waals surface area contributed by atoms with Gasteiger partial charge in [-0.05, 0) is 19.3 Å². The van der Waals surface area contributed by atoms with Crippen molar-refractivity contribution in [3.05, 3.63) is 16.6 Å². The highest BCUT2D eigenvalue weighted by Crippen LogP contribution is 2.36. The summed E-state index contributed by atoms with van der Waals surface area (Å²) in [6.07, 6.45) is 6.30. The Labute approximate surface area is 107 Å². The van der Waals surface area contributed by atoms with Gasteiger partial charge in [0.1, 0.15) is 10.4 Å². The minimum Gasteiger partial charge on any atom is -0.369 e. The molecule has 17 heavy (non-hydrogen) atoms. The quantitative estimate of drug-likeness (QED) is 0.760. The zero-order valence-corrected chi connectivity index (χ0v) is 11.7. The minimum absolute atomic E-state index is 0.234. The van der Waals surface area contributed by atoms with Gasteiger partial charge < -0.3 is 5.73 Å². The molecule has 0 radical (unpaired) electrons. The maximum atomic E-state index is 11.8. The number of aromatic nitrogens is 1. The molecule has 3 nitrogen and oxygen atoms in total. The smallest absolute Gasteiger partial charge is 0.230 e. The van der Waals surface area contributed by atoms with E-state index in [-0.39, 0.29) is 11.8 Å². The topological polar surface area (TPSA) is 56.0 Å². The van der Waals surface area contributed by atoms with E-state index in [1.54, 1.807) is 6.20 Å². The molecule has 0 aliphatic heterocycles. The molecule has 0 saturated carbocycles. The number of nitrogens with two attached hydrogens (primary N) is 1. The fraction of sp³-hybridized carbons (Fsp3) is 0.692. The number of hydrogen-bond donors (Lipinski definition) is 1. The Bertz CT molecular complexity index is 350. The van der Waals surface area contributed by atoms with Crippen LogP contribution in [0.1, 0.15) is 51.5 Å². The van der Waals surface area contributed by atoms with Crippen molar-refractivity contribution in [2.75, 3.05) is 0 Å². The molecule has 0 saturated heterocycles. The highest BCUT2D eigenvalue weighted by atomic mass is 32.1. The zero-order valence-electron chi connectivity index (χ0n) is 10.9. The van der Waals surface area contributed by atoms with Crippen molar-refractivity contribution >= 4 is 17.2 Å². The minimum atomic E-state index is -0.623. The monoisotopic (exact) mass is 254 g/mol. The maximum absolute atomic E-state index is 11.8. The molecule has 4 heteroatoms. The van der Waals surface area contributed by atoms with E-state index >= 15 is 0 Å². The molecule has 0 fully saturated rings. The Morgan fingerprint density at radius 2 is 2.29 bits per heavy atom. The number of rotatable bonds is 7. The third kappa shape index (κ3) is 3.06. The van der Waals surface area contributed by atoms with Crippen LogP contribution in [-0.4, -0.2) is 10.9 Å². The van der Waals surface area contributed by atoms with Crippen LogP contribution >= 0.6 is 11.3 Å². The summed E-state index contributed by atoms with van der Waals surface area (Å²) < 4.78 is 0. The van der Waals surface area contributed by atoms with Crippen LogP contribution in [0.25, 0.3) is 0 Å². The predicted octanol–water partition coefficient (Wildman–Crippen LogP) is 3.10. The Hall–Kier alpha value is -0.900. The first kappa shape index (κ1) is 14.2. The summed E-state index contributed by atoms with van der Waals surface area (Å²) in [6.45, 7) is 6.20. The molecule has 1 rings (SSSR count). The fourth-order valence-electron chi connectivity index (χ4n) is 2.03. The molecule has 0 bridgehead atoms. The second kappa shape index (κ2) is 6.15. The molecule has 0 aliphatic carbocycles. The van der Waals surface area contributed by atoms with Crippen molar-refractivity contribution in [3.63, 3.8) is 0 Å². The van der Waals surface area contributed by atoms with E-state index in [0.717, 1.165) is 17.8 Å². The Balaban J connectivity index is 2.81. The zero-order chi connectivity index (χ0) is 12.9. The lowest BCUT2D eigenvalue weighted by Gasteiger charge is -2.30. The van der Waals surface area contributed by atoms with Crippen molar-refractivity contribution in [2.24, 2.45) is 11.7 Å². The summed E-state index contributed by atoms with van der Waals surface area (Å²) in [5, 5.41) is 2.74. The maximum Gasteiger partial charge on any atom is 0.230 e. The van der Waals surface area contributed by atoms with E-state index in [1.807, 2.05) is 12.3 Å². The lowest BCUT2D eigenvalue weighted by molar-refractivity contribution is -0.124. The van der Waals surface area contributed by atoms with Gasteiger partial charge in [0, 0.05) is 11.6 Å². The average molecular weight is 254 g/mol. The number of nitrogens with zero attached hydrogens (tertiary/aromatic N) is 1. The van der Waals surface area contributed by atoms with Gasteiger partial charge in [-0.1, -0.05) is 33.1 Å². The predicted molar refractivity (Wildman–Crippen MR) is 72.0 cm³/mol. The molecule has 2 atom stereocenters. The second-order valence-corrected chi connectivity index (χ2v) is 5.70. The van der Waals surface area contributed by atoms with Crippen molar-refractivity contribution in [2.45, 2.75) is 51.9 Å². The van der Waals surface area contributed by atoms with Gasteiger partial charge in [0.15, 0.2) is 0 Å². The van der Waals surface area contributed by atoms with Gasteiger partial charge in [0.05, 0.1) is 0 Å². The number of carbonyl (C=O) groups excluding carboxylic acids is 1. The van der Waals surface area contributed by atoms with E-state index in [9.17, 15) is 4.79 Å². The fourth-order valence-corrected chi connectivity index (χ4v) is 2.95. The Kier molecular flexibility index (Phi) is 5.12. The third-order valence-electron chi connectivity index (χ3n) is 3.61. The van der Waals surface area contributed by atoms with E-state index in [4.69, 9.17) is 5.73 Å². The van der Waals surface area contributed by atoms with Gasteiger partial charge in [-0.3, -0.25) is 4.79 Å². The summed E-state index contributed by atoms with van der Waals surface area (Å²) in [5.74, 6) is -0.0332. The molecule has 2 N–H and O–H groups in total. The molecule has 0 aliphatic rings. The molecule has 1 heterocycles. The number of thiazole rings is 1. The van der Waals surface area contributed by atoms with Crippen LogP contribution in [0.5, 0.6) is 0 Å². The second-order valence-electron chi connectivity index (χ2n) is 4.80. The van der Waals surface area contributed by atoms with E-state index in [0.29, 0.717) is 0 Å². The van der Waals surface area contributed by atoms with Crippen LogP contribution in [-0.2, 0) is 10.2 Å². The molecule has 96 valence electrons. The number of amides is 1. The first-order valence-electron chi connectivity index (χ1n) is 6.23. The first-order chi connectivity index (χ1) is 8.03.